The van der Waals surface area contributed by atoms with Gasteiger partial charge in [0.15, 0.2) is 0 Å². The molecular weight excluding hydrogens is 198 g/mol. The highest BCUT2D eigenvalue weighted by molar-refractivity contribution is 5.48. The van der Waals surface area contributed by atoms with Crippen molar-refractivity contribution in [1.82, 2.24) is 5.32 Å². The van der Waals surface area contributed by atoms with E-state index < -0.39 is 0 Å². The molecule has 1 unspecified atom stereocenters. The van der Waals surface area contributed by atoms with Gasteiger partial charge in [-0.3, -0.25) is 0 Å². The Hall–Kier alpha value is -1.02. The number of rotatable bonds is 2. The van der Waals surface area contributed by atoms with E-state index in [0.29, 0.717) is 0 Å². The maximum atomic E-state index is 5.52. The number of hydrogen-bond acceptors (Lipinski definition) is 2. The molecule has 0 bridgehead atoms. The Kier molecular flexibility index (Phi) is 2.94. The van der Waals surface area contributed by atoms with Crippen LogP contribution in [0.15, 0.2) is 12.1 Å². The summed E-state index contributed by atoms with van der Waals surface area (Å²) >= 11 is 0. The number of ether oxygens (including phenoxy) is 1. The lowest BCUT2D eigenvalue weighted by atomic mass is 9.85. The van der Waals surface area contributed by atoms with Crippen LogP contribution in [0.25, 0.3) is 0 Å². The molecule has 1 atom stereocenters. The third-order valence-electron chi connectivity index (χ3n) is 3.84. The first-order chi connectivity index (χ1) is 7.58. The Bertz CT molecular complexity index is 392. The third-order valence-corrected chi connectivity index (χ3v) is 3.84. The van der Waals surface area contributed by atoms with Gasteiger partial charge >= 0.3 is 0 Å². The highest BCUT2D eigenvalue weighted by Gasteiger charge is 2.34. The summed E-state index contributed by atoms with van der Waals surface area (Å²) in [5.74, 6) is 1.01. The molecule has 1 aromatic rings. The Morgan fingerprint density at radius 3 is 2.62 bits per heavy atom. The first kappa shape index (κ1) is 11.5. The Morgan fingerprint density at radius 1 is 1.31 bits per heavy atom. The molecule has 1 aromatic carbocycles. The van der Waals surface area contributed by atoms with Crippen LogP contribution in [0.1, 0.15) is 36.5 Å². The van der Waals surface area contributed by atoms with Gasteiger partial charge in [0.1, 0.15) is 5.75 Å². The Balaban J connectivity index is 2.56. The van der Waals surface area contributed by atoms with Crippen LogP contribution in [0.2, 0.25) is 0 Å². The molecule has 2 nitrogen and oxygen atoms in total. The van der Waals surface area contributed by atoms with E-state index in [1.54, 1.807) is 7.11 Å². The van der Waals surface area contributed by atoms with Gasteiger partial charge in [-0.1, -0.05) is 6.07 Å². The first-order valence-electron chi connectivity index (χ1n) is 5.98. The zero-order chi connectivity index (χ0) is 11.8. The van der Waals surface area contributed by atoms with Crippen LogP contribution in [-0.4, -0.2) is 13.7 Å². The third kappa shape index (κ3) is 1.71. The van der Waals surface area contributed by atoms with E-state index in [-0.39, 0.29) is 5.54 Å². The van der Waals surface area contributed by atoms with Gasteiger partial charge in [0.25, 0.3) is 0 Å². The Labute approximate surface area is 98.0 Å². The maximum absolute atomic E-state index is 5.52. The highest BCUT2D eigenvalue weighted by Crippen LogP contribution is 2.39. The topological polar surface area (TPSA) is 21.3 Å². The number of methoxy groups -OCH3 is 1. The van der Waals surface area contributed by atoms with E-state index in [4.69, 9.17) is 4.74 Å². The van der Waals surface area contributed by atoms with Gasteiger partial charge in [-0.05, 0) is 57.4 Å². The number of nitrogens with one attached hydrogen (secondary N) is 1. The quantitative estimate of drug-likeness (QED) is 0.825. The molecule has 1 aliphatic heterocycles. The normalized spacial score (nSPS) is 24.8. The molecule has 0 aromatic heterocycles. The average Bonchev–Trinajstić information content (AvgIpc) is 2.69. The van der Waals surface area contributed by atoms with Crippen LogP contribution in [0.5, 0.6) is 5.75 Å². The fraction of sp³-hybridized carbons (Fsp3) is 0.571. The van der Waals surface area contributed by atoms with Crippen LogP contribution in [0.3, 0.4) is 0 Å². The van der Waals surface area contributed by atoms with Gasteiger partial charge in [0.2, 0.25) is 0 Å². The standard InChI is InChI=1S/C14H21NO/c1-10-6-7-12(16-4)13(11(10)2)14(3)8-5-9-15-14/h6-7,15H,5,8-9H2,1-4H3. The summed E-state index contributed by atoms with van der Waals surface area (Å²) in [5, 5.41) is 3.61. The summed E-state index contributed by atoms with van der Waals surface area (Å²) < 4.78 is 5.52. The van der Waals surface area contributed by atoms with Crippen molar-refractivity contribution >= 4 is 0 Å². The minimum absolute atomic E-state index is 0.0848. The first-order valence-corrected chi connectivity index (χ1v) is 5.98. The molecule has 1 N–H and O–H groups in total. The van der Waals surface area contributed by atoms with E-state index in [2.05, 4.69) is 38.2 Å². The second kappa shape index (κ2) is 4.10. The summed E-state index contributed by atoms with van der Waals surface area (Å²) in [4.78, 5) is 0. The minimum atomic E-state index is 0.0848. The van der Waals surface area contributed by atoms with E-state index in [0.717, 1.165) is 12.3 Å². The predicted octanol–water partition coefficient (Wildman–Crippen LogP) is 2.91. The van der Waals surface area contributed by atoms with Crippen LogP contribution in [0, 0.1) is 13.8 Å². The van der Waals surface area contributed by atoms with E-state index in [1.807, 2.05) is 0 Å². The van der Waals surface area contributed by atoms with Crippen LogP contribution in [0.4, 0.5) is 0 Å². The van der Waals surface area contributed by atoms with Gasteiger partial charge in [0, 0.05) is 11.1 Å². The van der Waals surface area contributed by atoms with Crippen molar-refractivity contribution < 1.29 is 4.74 Å². The van der Waals surface area contributed by atoms with E-state index in [9.17, 15) is 0 Å². The summed E-state index contributed by atoms with van der Waals surface area (Å²) in [6.45, 7) is 7.74. The fourth-order valence-electron chi connectivity index (χ4n) is 2.75. The van der Waals surface area contributed by atoms with Crippen molar-refractivity contribution in [1.29, 1.82) is 0 Å². The molecule has 1 aliphatic rings. The lowest BCUT2D eigenvalue weighted by molar-refractivity contribution is 0.369. The van der Waals surface area contributed by atoms with Gasteiger partial charge in [-0.2, -0.15) is 0 Å². The SMILES string of the molecule is COc1ccc(C)c(C)c1C1(C)CCCN1. The molecule has 0 aliphatic carbocycles. The van der Waals surface area contributed by atoms with E-state index in [1.165, 1.54) is 29.5 Å². The molecule has 1 heterocycles. The number of benzene rings is 1. The van der Waals surface area contributed by atoms with Crippen molar-refractivity contribution in [2.45, 2.75) is 39.2 Å². The molecule has 2 rings (SSSR count). The molecule has 1 saturated heterocycles. The van der Waals surface area contributed by atoms with Gasteiger partial charge < -0.3 is 10.1 Å². The lowest BCUT2D eigenvalue weighted by Crippen LogP contribution is -2.34. The van der Waals surface area contributed by atoms with Crippen molar-refractivity contribution in [3.63, 3.8) is 0 Å². The second-order valence-corrected chi connectivity index (χ2v) is 4.95. The largest absolute Gasteiger partial charge is 0.496 e. The van der Waals surface area contributed by atoms with Crippen molar-refractivity contribution in [2.24, 2.45) is 0 Å². The molecule has 0 saturated carbocycles. The minimum Gasteiger partial charge on any atom is -0.496 e. The molecule has 1 fully saturated rings. The summed E-state index contributed by atoms with van der Waals surface area (Å²) in [6, 6.07) is 4.22. The van der Waals surface area contributed by atoms with Gasteiger partial charge in [-0.15, -0.1) is 0 Å². The molecular formula is C14H21NO. The average molecular weight is 219 g/mol. The van der Waals surface area contributed by atoms with Crippen molar-refractivity contribution in [2.75, 3.05) is 13.7 Å². The van der Waals surface area contributed by atoms with Gasteiger partial charge in [0.05, 0.1) is 7.11 Å². The lowest BCUT2D eigenvalue weighted by Gasteiger charge is -2.29. The van der Waals surface area contributed by atoms with Crippen LogP contribution < -0.4 is 10.1 Å². The number of hydrogen-bond donors (Lipinski definition) is 1. The molecule has 0 amide bonds. The van der Waals surface area contributed by atoms with Crippen LogP contribution >= 0.6 is 0 Å². The Morgan fingerprint density at radius 2 is 2.06 bits per heavy atom. The van der Waals surface area contributed by atoms with Crippen molar-refractivity contribution in [3.05, 3.63) is 28.8 Å². The zero-order valence-electron chi connectivity index (χ0n) is 10.7. The van der Waals surface area contributed by atoms with E-state index >= 15 is 0 Å². The summed E-state index contributed by atoms with van der Waals surface area (Å²) in [5.41, 5.74) is 4.12. The predicted molar refractivity (Wildman–Crippen MR) is 67.1 cm³/mol. The zero-order valence-corrected chi connectivity index (χ0v) is 10.7. The monoisotopic (exact) mass is 219 g/mol. The maximum Gasteiger partial charge on any atom is 0.124 e. The molecule has 2 heteroatoms. The summed E-state index contributed by atoms with van der Waals surface area (Å²) in [7, 11) is 1.76. The second-order valence-electron chi connectivity index (χ2n) is 4.95. The number of aryl methyl sites for hydroxylation is 1. The fourth-order valence-corrected chi connectivity index (χ4v) is 2.75. The molecule has 16 heavy (non-hydrogen) atoms. The molecule has 0 radical (unpaired) electrons. The highest BCUT2D eigenvalue weighted by atomic mass is 16.5. The van der Waals surface area contributed by atoms with Gasteiger partial charge in [-0.25, -0.2) is 0 Å². The smallest absolute Gasteiger partial charge is 0.124 e. The molecule has 88 valence electrons. The van der Waals surface area contributed by atoms with Crippen LogP contribution in [-0.2, 0) is 5.54 Å². The summed E-state index contributed by atoms with van der Waals surface area (Å²) in [6.07, 6.45) is 2.43. The van der Waals surface area contributed by atoms with Crippen molar-refractivity contribution in [3.8, 4) is 5.75 Å². The molecule has 0 spiro atoms.